The summed E-state index contributed by atoms with van der Waals surface area (Å²) in [5.41, 5.74) is 0.0898. The van der Waals surface area contributed by atoms with Crippen LogP contribution < -0.4 is 0 Å². The Labute approximate surface area is 102 Å². The molecule has 2 aromatic heterocycles. The SMILES string of the molecule is CC(C)(C)C(C)(O)c1ccc2cccnc2n1. The van der Waals surface area contributed by atoms with Crippen LogP contribution in [0.5, 0.6) is 0 Å². The lowest BCUT2D eigenvalue weighted by Crippen LogP contribution is -2.37. The van der Waals surface area contributed by atoms with E-state index >= 15 is 0 Å². The van der Waals surface area contributed by atoms with Crippen molar-refractivity contribution < 1.29 is 5.11 Å². The topological polar surface area (TPSA) is 46.0 Å². The average Bonchev–Trinajstić information content (AvgIpc) is 2.27. The Balaban J connectivity index is 2.57. The third-order valence-corrected chi connectivity index (χ3v) is 3.42. The van der Waals surface area contributed by atoms with E-state index in [4.69, 9.17) is 0 Å². The van der Waals surface area contributed by atoms with Crippen molar-refractivity contribution in [2.45, 2.75) is 33.3 Å². The van der Waals surface area contributed by atoms with E-state index in [-0.39, 0.29) is 5.41 Å². The van der Waals surface area contributed by atoms with Gasteiger partial charge < -0.3 is 5.11 Å². The van der Waals surface area contributed by atoms with Gasteiger partial charge in [-0.15, -0.1) is 0 Å². The monoisotopic (exact) mass is 230 g/mol. The van der Waals surface area contributed by atoms with Crippen LogP contribution in [0.2, 0.25) is 0 Å². The first-order valence-corrected chi connectivity index (χ1v) is 5.77. The molecule has 1 atom stereocenters. The van der Waals surface area contributed by atoms with E-state index in [1.807, 2.05) is 45.0 Å². The maximum absolute atomic E-state index is 10.6. The standard InChI is InChI=1S/C14H18N2O/c1-13(2,3)14(4,17)11-8-7-10-6-5-9-15-12(10)16-11/h5-9,17H,1-4H3. The molecule has 3 nitrogen and oxygen atoms in total. The lowest BCUT2D eigenvalue weighted by Gasteiger charge is -2.36. The molecule has 3 heteroatoms. The summed E-state index contributed by atoms with van der Waals surface area (Å²) in [6.45, 7) is 7.79. The van der Waals surface area contributed by atoms with Crippen LogP contribution in [0, 0.1) is 5.41 Å². The Morgan fingerprint density at radius 1 is 1.06 bits per heavy atom. The molecule has 1 unspecified atom stereocenters. The molecule has 0 amide bonds. The van der Waals surface area contributed by atoms with Crippen LogP contribution in [0.25, 0.3) is 11.0 Å². The van der Waals surface area contributed by atoms with E-state index in [0.29, 0.717) is 11.3 Å². The minimum atomic E-state index is -0.974. The van der Waals surface area contributed by atoms with Crippen molar-refractivity contribution in [2.24, 2.45) is 5.41 Å². The molecule has 2 rings (SSSR count). The minimum Gasteiger partial charge on any atom is -0.383 e. The molecule has 2 aromatic rings. The van der Waals surface area contributed by atoms with Gasteiger partial charge in [-0.1, -0.05) is 20.8 Å². The Morgan fingerprint density at radius 3 is 2.41 bits per heavy atom. The van der Waals surface area contributed by atoms with Crippen molar-refractivity contribution in [3.8, 4) is 0 Å². The van der Waals surface area contributed by atoms with E-state index in [1.54, 1.807) is 13.1 Å². The maximum Gasteiger partial charge on any atom is 0.159 e. The molecular formula is C14H18N2O. The second-order valence-electron chi connectivity index (χ2n) is 5.57. The van der Waals surface area contributed by atoms with Crippen LogP contribution in [-0.2, 0) is 5.60 Å². The molecule has 0 aromatic carbocycles. The summed E-state index contributed by atoms with van der Waals surface area (Å²) >= 11 is 0. The Kier molecular flexibility index (Phi) is 2.66. The number of hydrogen-bond acceptors (Lipinski definition) is 3. The summed E-state index contributed by atoms with van der Waals surface area (Å²) in [5.74, 6) is 0. The quantitative estimate of drug-likeness (QED) is 0.819. The molecular weight excluding hydrogens is 212 g/mol. The largest absolute Gasteiger partial charge is 0.383 e. The van der Waals surface area contributed by atoms with Crippen molar-refractivity contribution in [1.29, 1.82) is 0 Å². The summed E-state index contributed by atoms with van der Waals surface area (Å²) in [7, 11) is 0. The fourth-order valence-electron chi connectivity index (χ4n) is 1.61. The molecule has 0 bridgehead atoms. The van der Waals surface area contributed by atoms with Gasteiger partial charge in [0.2, 0.25) is 0 Å². The minimum absolute atomic E-state index is 0.275. The van der Waals surface area contributed by atoms with Crippen molar-refractivity contribution >= 4 is 11.0 Å². The number of nitrogens with zero attached hydrogens (tertiary/aromatic N) is 2. The highest BCUT2D eigenvalue weighted by Crippen LogP contribution is 2.38. The predicted octanol–water partition coefficient (Wildman–Crippen LogP) is 2.88. The third-order valence-electron chi connectivity index (χ3n) is 3.42. The average molecular weight is 230 g/mol. The van der Waals surface area contributed by atoms with Crippen LogP contribution in [0.3, 0.4) is 0 Å². The van der Waals surface area contributed by atoms with Gasteiger partial charge in [0.15, 0.2) is 5.65 Å². The van der Waals surface area contributed by atoms with Gasteiger partial charge in [0, 0.05) is 11.6 Å². The van der Waals surface area contributed by atoms with Crippen molar-refractivity contribution in [1.82, 2.24) is 9.97 Å². The third kappa shape index (κ3) is 2.03. The number of rotatable bonds is 1. The molecule has 0 aliphatic carbocycles. The predicted molar refractivity (Wildman–Crippen MR) is 68.6 cm³/mol. The number of hydrogen-bond donors (Lipinski definition) is 1. The van der Waals surface area contributed by atoms with Crippen LogP contribution in [-0.4, -0.2) is 15.1 Å². The van der Waals surface area contributed by atoms with Gasteiger partial charge in [-0.2, -0.15) is 0 Å². The molecule has 1 N–H and O–H groups in total. The molecule has 0 saturated carbocycles. The molecule has 90 valence electrons. The second-order valence-corrected chi connectivity index (χ2v) is 5.57. The van der Waals surface area contributed by atoms with Gasteiger partial charge in [-0.25, -0.2) is 9.97 Å². The zero-order chi connectivity index (χ0) is 12.7. The normalized spacial score (nSPS) is 15.8. The summed E-state index contributed by atoms with van der Waals surface area (Å²) in [6.07, 6.45) is 1.71. The molecule has 2 heterocycles. The smallest absolute Gasteiger partial charge is 0.159 e. The zero-order valence-electron chi connectivity index (χ0n) is 10.7. The molecule has 0 aliphatic heterocycles. The maximum atomic E-state index is 10.6. The van der Waals surface area contributed by atoms with E-state index in [1.165, 1.54) is 0 Å². The molecule has 0 radical (unpaired) electrons. The summed E-state index contributed by atoms with van der Waals surface area (Å²) in [5, 5.41) is 11.6. The Hall–Kier alpha value is -1.48. The van der Waals surface area contributed by atoms with E-state index in [2.05, 4.69) is 9.97 Å². The molecule has 0 aliphatic rings. The lowest BCUT2D eigenvalue weighted by molar-refractivity contribution is -0.0504. The fraction of sp³-hybridized carbons (Fsp3) is 0.429. The van der Waals surface area contributed by atoms with Gasteiger partial charge in [-0.05, 0) is 36.6 Å². The van der Waals surface area contributed by atoms with E-state index in [0.717, 1.165) is 5.39 Å². The number of aromatic nitrogens is 2. The van der Waals surface area contributed by atoms with Crippen LogP contribution in [0.4, 0.5) is 0 Å². The van der Waals surface area contributed by atoms with Gasteiger partial charge >= 0.3 is 0 Å². The first-order chi connectivity index (χ1) is 7.82. The number of aliphatic hydroxyl groups is 1. The van der Waals surface area contributed by atoms with Gasteiger partial charge in [-0.3, -0.25) is 0 Å². The van der Waals surface area contributed by atoms with Gasteiger partial charge in [0.1, 0.15) is 5.60 Å². The number of fused-ring (bicyclic) bond motifs is 1. The van der Waals surface area contributed by atoms with Crippen LogP contribution in [0.15, 0.2) is 30.5 Å². The van der Waals surface area contributed by atoms with E-state index in [9.17, 15) is 5.11 Å². The highest BCUT2D eigenvalue weighted by atomic mass is 16.3. The van der Waals surface area contributed by atoms with E-state index < -0.39 is 5.60 Å². The van der Waals surface area contributed by atoms with Crippen molar-refractivity contribution in [3.63, 3.8) is 0 Å². The highest BCUT2D eigenvalue weighted by Gasteiger charge is 2.38. The molecule has 17 heavy (non-hydrogen) atoms. The van der Waals surface area contributed by atoms with Gasteiger partial charge in [0.05, 0.1) is 5.69 Å². The number of pyridine rings is 2. The van der Waals surface area contributed by atoms with Crippen molar-refractivity contribution in [2.75, 3.05) is 0 Å². The summed E-state index contributed by atoms with van der Waals surface area (Å²) < 4.78 is 0. The van der Waals surface area contributed by atoms with Crippen LogP contribution >= 0.6 is 0 Å². The first-order valence-electron chi connectivity index (χ1n) is 5.77. The van der Waals surface area contributed by atoms with Crippen molar-refractivity contribution in [3.05, 3.63) is 36.2 Å². The molecule has 0 fully saturated rings. The molecule has 0 spiro atoms. The summed E-state index contributed by atoms with van der Waals surface area (Å²) in [4.78, 5) is 8.67. The van der Waals surface area contributed by atoms with Crippen LogP contribution in [0.1, 0.15) is 33.4 Å². The summed E-state index contributed by atoms with van der Waals surface area (Å²) in [6, 6.07) is 7.66. The van der Waals surface area contributed by atoms with Gasteiger partial charge in [0.25, 0.3) is 0 Å². The second kappa shape index (κ2) is 3.77. The lowest BCUT2D eigenvalue weighted by atomic mass is 9.75. The first kappa shape index (κ1) is 12.0. The highest BCUT2D eigenvalue weighted by molar-refractivity contribution is 5.74. The Bertz CT molecular complexity index is 541. The Morgan fingerprint density at radius 2 is 1.76 bits per heavy atom. The fourth-order valence-corrected chi connectivity index (χ4v) is 1.61. The zero-order valence-corrected chi connectivity index (χ0v) is 10.7. The molecule has 0 saturated heterocycles.